The van der Waals surface area contributed by atoms with E-state index in [2.05, 4.69) is 72.8 Å². The summed E-state index contributed by atoms with van der Waals surface area (Å²) in [6, 6.07) is 12.0. The summed E-state index contributed by atoms with van der Waals surface area (Å²) in [5.74, 6) is 24.1. The van der Waals surface area contributed by atoms with Gasteiger partial charge in [0.15, 0.2) is 19.7 Å². The molecule has 148 heavy (non-hydrogen) atoms. The highest BCUT2D eigenvalue weighted by atomic mass is 32.2. The number of fused-ring (bicyclic) bond motifs is 18. The van der Waals surface area contributed by atoms with Crippen molar-refractivity contribution in [2.75, 3.05) is 23.0 Å². The first-order valence-corrected chi connectivity index (χ1v) is 57.3. The third-order valence-corrected chi connectivity index (χ3v) is 37.7. The van der Waals surface area contributed by atoms with Crippen molar-refractivity contribution in [3.05, 3.63) is 180 Å². The van der Waals surface area contributed by atoms with E-state index in [4.69, 9.17) is 27.9 Å². The molecule has 0 spiro atoms. The molecule has 16 aliphatic rings. The second-order valence-corrected chi connectivity index (χ2v) is 49.2. The third-order valence-electron chi connectivity index (χ3n) is 33.8. The molecule has 28 rings (SSSR count). The average molecular weight is 2040 g/mol. The maximum Gasteiger partial charge on any atom is 0.552 e. The van der Waals surface area contributed by atoms with Crippen molar-refractivity contribution >= 4 is 179 Å². The summed E-state index contributed by atoms with van der Waals surface area (Å²) in [6.45, 7) is 10.4. The van der Waals surface area contributed by atoms with Gasteiger partial charge in [-0.25, -0.2) is 46.7 Å². The number of hydrogen-bond acceptors (Lipinski definition) is 25. The Hall–Kier alpha value is -11.6. The van der Waals surface area contributed by atoms with Crippen molar-refractivity contribution < 1.29 is 89.3 Å². The Labute approximate surface area is 862 Å². The summed E-state index contributed by atoms with van der Waals surface area (Å²) in [5.41, 5.74) is 18.6. The predicted octanol–water partition coefficient (Wildman–Crippen LogP) is 17.7. The normalized spacial score (nSPS) is 25.9. The number of aromatic nitrogens is 12. The minimum Gasteiger partial charge on any atom is -0.531 e. The molecule has 6 aliphatic heterocycles. The topological polar surface area (TPSA) is 468 Å². The Morgan fingerprint density at radius 2 is 0.608 bits per heavy atom. The fourth-order valence-corrected chi connectivity index (χ4v) is 30.8. The smallest absolute Gasteiger partial charge is 0.531 e. The van der Waals surface area contributed by atoms with Crippen molar-refractivity contribution in [1.82, 2.24) is 59.8 Å². The van der Waals surface area contributed by atoms with Gasteiger partial charge in [0.25, 0.3) is 0 Å². The number of H-pyrrole nitrogens is 6. The highest BCUT2D eigenvalue weighted by Crippen LogP contribution is 2.66. The zero-order valence-corrected chi connectivity index (χ0v) is 86.0. The Morgan fingerprint density at radius 3 is 0.872 bits per heavy atom. The Bertz CT molecular complexity index is 7350. The number of rotatable bonds is 26. The number of ketones is 3. The molecule has 768 valence electrons. The zero-order valence-electron chi connectivity index (χ0n) is 84.4. The van der Waals surface area contributed by atoms with E-state index in [9.17, 15) is 61.4 Å². The largest absolute Gasteiger partial charge is 0.552 e. The van der Waals surface area contributed by atoms with Crippen molar-refractivity contribution in [2.45, 2.75) is 208 Å². The average Bonchev–Trinajstić information content (AvgIpc) is 0.906. The number of hydrogen-bond donors (Lipinski definition) is 12. The molecule has 0 amide bonds. The molecule has 31 nitrogen and oxygen atoms in total. The first-order valence-electron chi connectivity index (χ1n) is 53.6. The lowest BCUT2D eigenvalue weighted by Crippen LogP contribution is -2.50. The quantitative estimate of drug-likeness (QED) is 0.0224. The highest BCUT2D eigenvalue weighted by Gasteiger charge is 2.56. The molecule has 10 saturated carbocycles. The van der Waals surface area contributed by atoms with Gasteiger partial charge in [0.05, 0.1) is 54.4 Å². The molecule has 2 unspecified atom stereocenters. The van der Waals surface area contributed by atoms with Crippen molar-refractivity contribution in [1.29, 1.82) is 0 Å². The Balaban J connectivity index is 0.000000101. The van der Waals surface area contributed by atoms with Gasteiger partial charge < -0.3 is 88.0 Å². The first-order chi connectivity index (χ1) is 71.5. The van der Waals surface area contributed by atoms with Crippen LogP contribution in [-0.2, 0) is 34.1 Å². The SMILES string of the molecule is CC12CC3CC(C1)C(C1=CB(O)Oc4cnc5[nH]ccc5c41)C(C3)C2.CCC(=O)CC1CC(C2=CB(O)Oc3cnc4[nH]ccc4c32)C1.CCCC(=O)CC1CC(C2=CB(O)Oc3cnc4[nH]ccc4c32)C1.CCCC(=O)CC1CC(C2=CB(O)Oc3cnc4[nH]ccc4c32)C1.CCCS(=O)(=O)CC1CC(C2=CB(O)Oc3cnc4[nH]ccc4c32)C1.O=S(=O)(CCC1CC1)CC1CC(C2=CB(O)Oc3cnc4[nH]ccc4c32)C1. The maximum atomic E-state index is 12.4. The number of Topliss-reactive ketones (excluding diaryl/α,β-unsaturated/α-hetero) is 3. The lowest BCUT2D eigenvalue weighted by molar-refractivity contribution is -0.121. The molecule has 4 bridgehead atoms. The van der Waals surface area contributed by atoms with E-state index in [1.165, 1.54) is 56.1 Å². The Morgan fingerprint density at radius 1 is 0.345 bits per heavy atom. The van der Waals surface area contributed by atoms with Crippen LogP contribution < -0.4 is 27.9 Å². The molecule has 18 heterocycles. The molecule has 12 aromatic rings. The summed E-state index contributed by atoms with van der Waals surface area (Å²) in [7, 11) is -11.5. The lowest BCUT2D eigenvalue weighted by Gasteiger charge is -2.60. The molecule has 0 saturated heterocycles. The molecule has 10 fully saturated rings. The standard InChI is InChI=1S/C20H23BN2O2.C19H23BN2O4S.2C18H21BN2O3.C17H21BN2O4S.C17H19BN2O3/c1-20-6-11-4-12(7-20)17(13(5-11)8-20)15-9-21(24)25-16-10-23-19-14(18(15)16)2-3-22-19;23-20-9-16(18-15-3-5-21-19(15)22-10-17(18)26-20)14-7-13(8-14)11-27(24,25)6-4-12-1-2-12;2*1-2-3-13(22)8-11-6-12(7-11)15-9-19(23)24-16-10-21-18-14(17(15)16)4-5-20-18;1-2-5-25(22,23)10-11-6-12(7-11)14-8-18(21)24-15-9-20-17-13(16(14)15)3-4-19-17;1-2-12(21)7-10-5-11(6-10)14-8-18(22)23-15-9-20-17-13(16(14)15)3-4-19-17/h2-3,9-13,17,24H,4-8H2,1H3,(H,22,23);3,5,9-10,12-14,23H,1-2,4,6-8,11H2,(H,21,22);2*4-5,9-12,23H,2-3,6-8H2,1H3,(H,20,21);3-4,8-9,11-12,21H,2,5-7,10H2,1H3,(H,19,20);3-4,8-11,22H,2,5-7H2,1H3,(H,19,20). The van der Waals surface area contributed by atoms with Crippen molar-refractivity contribution in [3.8, 4) is 34.5 Å². The molecule has 10 aliphatic carbocycles. The minimum absolute atomic E-state index is 0.203. The fourth-order valence-electron chi connectivity index (χ4n) is 27.1. The van der Waals surface area contributed by atoms with Gasteiger partial charge in [0, 0.05) is 147 Å². The Kier molecular flexibility index (Phi) is 28.7. The summed E-state index contributed by atoms with van der Waals surface area (Å²) < 4.78 is 82.1. The monoisotopic (exact) mass is 2040 g/mol. The summed E-state index contributed by atoms with van der Waals surface area (Å²) in [4.78, 5) is 80.2. The van der Waals surface area contributed by atoms with Crippen LogP contribution in [0.15, 0.2) is 147 Å². The van der Waals surface area contributed by atoms with Gasteiger partial charge in [-0.1, -0.05) is 47.5 Å². The molecular weight excluding hydrogens is 1910 g/mol. The van der Waals surface area contributed by atoms with Gasteiger partial charge in [0.1, 0.15) is 85.7 Å². The van der Waals surface area contributed by atoms with Gasteiger partial charge in [0.2, 0.25) is 0 Å². The van der Waals surface area contributed by atoms with Crippen LogP contribution in [0.25, 0.3) is 99.6 Å². The summed E-state index contributed by atoms with van der Waals surface area (Å²) in [6.07, 6.45) is 47.3. The number of aromatic amines is 6. The number of nitrogens with zero attached hydrogens (tertiary/aromatic N) is 6. The molecule has 0 aromatic carbocycles. The number of pyridine rings is 6. The van der Waals surface area contributed by atoms with Crippen LogP contribution in [0.4, 0.5) is 0 Å². The molecule has 12 N–H and O–H groups in total. The summed E-state index contributed by atoms with van der Waals surface area (Å²) in [5, 5.41) is 66.5. The maximum absolute atomic E-state index is 12.4. The van der Waals surface area contributed by atoms with Gasteiger partial charge >= 0.3 is 42.7 Å². The van der Waals surface area contributed by atoms with Crippen LogP contribution >= 0.6 is 0 Å². The van der Waals surface area contributed by atoms with Crippen LogP contribution in [0, 0.1) is 94.2 Å². The van der Waals surface area contributed by atoms with Crippen molar-refractivity contribution in [2.24, 2.45) is 94.2 Å². The molecule has 12 aromatic heterocycles. The van der Waals surface area contributed by atoms with E-state index in [0.29, 0.717) is 155 Å². The first kappa shape index (κ1) is 101. The van der Waals surface area contributed by atoms with Crippen molar-refractivity contribution in [3.63, 3.8) is 0 Å². The second-order valence-electron chi connectivity index (χ2n) is 44.7. The van der Waals surface area contributed by atoms with E-state index in [1.54, 1.807) is 55.1 Å². The molecule has 0 radical (unpaired) electrons. The van der Waals surface area contributed by atoms with E-state index in [1.807, 2.05) is 113 Å². The predicted molar refractivity (Wildman–Crippen MR) is 576 cm³/mol. The number of sulfone groups is 2. The molecule has 39 heteroatoms. The molecule has 2 atom stereocenters. The van der Waals surface area contributed by atoms with E-state index < -0.39 is 62.4 Å². The number of nitrogens with one attached hydrogen (secondary N) is 6. The van der Waals surface area contributed by atoms with E-state index >= 15 is 0 Å². The van der Waals surface area contributed by atoms with Crippen LogP contribution in [0.2, 0.25) is 0 Å². The highest BCUT2D eigenvalue weighted by molar-refractivity contribution is 7.91. The van der Waals surface area contributed by atoms with Gasteiger partial charge in [-0.2, -0.15) is 0 Å². The number of carbonyl (C=O) groups is 3. The van der Waals surface area contributed by atoms with E-state index in [-0.39, 0.29) is 35.2 Å². The van der Waals surface area contributed by atoms with Gasteiger partial charge in [-0.15, -0.1) is 0 Å². The number of carbonyl (C=O) groups excluding carboxylic acids is 3. The fraction of sp³-hybridized carbons (Fsp3) is 0.477. The third kappa shape index (κ3) is 21.1. The van der Waals surface area contributed by atoms with Gasteiger partial charge in [-0.05, 0) is 322 Å². The van der Waals surface area contributed by atoms with Crippen LogP contribution in [0.1, 0.15) is 241 Å². The number of allylic oxidation sites excluding steroid dienone is 6. The zero-order chi connectivity index (χ0) is 102. The lowest BCUT2D eigenvalue weighted by atomic mass is 9.45. The van der Waals surface area contributed by atoms with Gasteiger partial charge in [-0.3, -0.25) is 14.4 Å². The minimum atomic E-state index is -2.96. The summed E-state index contributed by atoms with van der Waals surface area (Å²) >= 11 is 0. The molecular formula is C109H128B6N12O19S2. The second kappa shape index (κ2) is 42.0. The van der Waals surface area contributed by atoms with E-state index in [0.717, 1.165) is 229 Å². The van der Waals surface area contributed by atoms with Crippen LogP contribution in [-0.4, -0.2) is 190 Å². The van der Waals surface area contributed by atoms with Crippen LogP contribution in [0.5, 0.6) is 34.5 Å². The van der Waals surface area contributed by atoms with Crippen LogP contribution in [0.3, 0.4) is 0 Å².